The second kappa shape index (κ2) is 4.42. The molecule has 0 atom stereocenters. The topological polar surface area (TPSA) is 28.8 Å². The van der Waals surface area contributed by atoms with Crippen molar-refractivity contribution in [2.45, 2.75) is 45.1 Å². The molecule has 0 bridgehead atoms. The standard InChI is InChI=1S/C11H16N2S.BrH/c12-11-13(7-8-5-6-8)9-3-1-2-4-10(9)14-11;/h8,12H,1-7H2;1H. The summed E-state index contributed by atoms with van der Waals surface area (Å²) in [5.41, 5.74) is 1.50. The Kier molecular flexibility index (Phi) is 3.36. The molecule has 0 aromatic carbocycles. The van der Waals surface area contributed by atoms with Crippen molar-refractivity contribution in [2.75, 3.05) is 0 Å². The molecular formula is C11H17BrN2S. The van der Waals surface area contributed by atoms with Gasteiger partial charge in [0.25, 0.3) is 0 Å². The van der Waals surface area contributed by atoms with E-state index in [-0.39, 0.29) is 17.0 Å². The first-order valence-corrected chi connectivity index (χ1v) is 6.42. The molecule has 4 heteroatoms. The Morgan fingerprint density at radius 3 is 2.73 bits per heavy atom. The molecule has 1 N–H and O–H groups in total. The highest BCUT2D eigenvalue weighted by molar-refractivity contribution is 8.93. The van der Waals surface area contributed by atoms with E-state index >= 15 is 0 Å². The maximum Gasteiger partial charge on any atom is 0.182 e. The molecule has 1 fully saturated rings. The van der Waals surface area contributed by atoms with E-state index in [9.17, 15) is 0 Å². The molecule has 0 unspecified atom stereocenters. The number of hydrogen-bond acceptors (Lipinski definition) is 2. The summed E-state index contributed by atoms with van der Waals surface area (Å²) in [6.07, 6.45) is 7.87. The first kappa shape index (κ1) is 11.4. The van der Waals surface area contributed by atoms with Crippen LogP contribution in [0.25, 0.3) is 0 Å². The van der Waals surface area contributed by atoms with Crippen molar-refractivity contribution >= 4 is 28.3 Å². The summed E-state index contributed by atoms with van der Waals surface area (Å²) in [7, 11) is 0. The fourth-order valence-corrected chi connectivity index (χ4v) is 3.41. The lowest BCUT2D eigenvalue weighted by Crippen LogP contribution is -2.18. The predicted octanol–water partition coefficient (Wildman–Crippen LogP) is 2.90. The number of hydrogen-bond donors (Lipinski definition) is 1. The van der Waals surface area contributed by atoms with E-state index in [1.165, 1.54) is 49.1 Å². The Morgan fingerprint density at radius 1 is 1.27 bits per heavy atom. The van der Waals surface area contributed by atoms with E-state index in [1.807, 2.05) is 0 Å². The second-order valence-corrected chi connectivity index (χ2v) is 5.62. The molecule has 2 aliphatic carbocycles. The van der Waals surface area contributed by atoms with E-state index in [0.717, 1.165) is 17.3 Å². The van der Waals surface area contributed by atoms with Crippen molar-refractivity contribution in [1.82, 2.24) is 4.57 Å². The fourth-order valence-electron chi connectivity index (χ4n) is 2.30. The molecule has 1 saturated carbocycles. The molecule has 1 aromatic heterocycles. The lowest BCUT2D eigenvalue weighted by Gasteiger charge is -2.13. The van der Waals surface area contributed by atoms with Gasteiger partial charge in [0.15, 0.2) is 4.80 Å². The first-order chi connectivity index (χ1) is 6.84. The van der Waals surface area contributed by atoms with Crippen molar-refractivity contribution in [1.29, 1.82) is 5.41 Å². The lowest BCUT2D eigenvalue weighted by atomic mass is 10.0. The summed E-state index contributed by atoms with van der Waals surface area (Å²) in [6.45, 7) is 1.13. The van der Waals surface area contributed by atoms with Gasteiger partial charge in [0.05, 0.1) is 0 Å². The number of aryl methyl sites for hydroxylation is 1. The van der Waals surface area contributed by atoms with Crippen molar-refractivity contribution in [3.8, 4) is 0 Å². The third-order valence-corrected chi connectivity index (χ3v) is 4.42. The zero-order valence-corrected chi connectivity index (χ0v) is 11.3. The van der Waals surface area contributed by atoms with Crippen LogP contribution in [0.1, 0.15) is 36.3 Å². The molecule has 0 amide bonds. The van der Waals surface area contributed by atoms with Crippen LogP contribution in [0.15, 0.2) is 0 Å². The Labute approximate surface area is 105 Å². The SMILES string of the molecule is Br.N=c1sc2c(n1CC1CC1)CCCC2. The van der Waals surface area contributed by atoms with Gasteiger partial charge in [-0.05, 0) is 44.4 Å². The van der Waals surface area contributed by atoms with E-state index < -0.39 is 0 Å². The van der Waals surface area contributed by atoms with Gasteiger partial charge in [-0.15, -0.1) is 28.3 Å². The Bertz CT molecular complexity index is 403. The van der Waals surface area contributed by atoms with E-state index in [4.69, 9.17) is 5.41 Å². The molecule has 84 valence electrons. The Balaban J connectivity index is 0.000000853. The third kappa shape index (κ3) is 2.21. The minimum atomic E-state index is 0. The van der Waals surface area contributed by atoms with Gasteiger partial charge in [0, 0.05) is 17.1 Å². The van der Waals surface area contributed by atoms with Crippen LogP contribution < -0.4 is 4.80 Å². The van der Waals surface area contributed by atoms with Crippen molar-refractivity contribution < 1.29 is 0 Å². The lowest BCUT2D eigenvalue weighted by molar-refractivity contribution is 0.553. The largest absolute Gasteiger partial charge is 0.321 e. The Morgan fingerprint density at radius 2 is 2.00 bits per heavy atom. The maximum absolute atomic E-state index is 7.97. The molecule has 1 heterocycles. The van der Waals surface area contributed by atoms with Gasteiger partial charge in [-0.2, -0.15) is 0 Å². The van der Waals surface area contributed by atoms with Crippen LogP contribution in [0.3, 0.4) is 0 Å². The van der Waals surface area contributed by atoms with E-state index in [2.05, 4.69) is 4.57 Å². The van der Waals surface area contributed by atoms with Crippen LogP contribution in [-0.4, -0.2) is 4.57 Å². The van der Waals surface area contributed by atoms with Gasteiger partial charge >= 0.3 is 0 Å². The van der Waals surface area contributed by atoms with Crippen LogP contribution in [0.2, 0.25) is 0 Å². The van der Waals surface area contributed by atoms with Gasteiger partial charge < -0.3 is 4.57 Å². The van der Waals surface area contributed by atoms with Gasteiger partial charge in [-0.1, -0.05) is 0 Å². The van der Waals surface area contributed by atoms with Crippen LogP contribution in [0.4, 0.5) is 0 Å². The predicted molar refractivity (Wildman–Crippen MR) is 67.9 cm³/mol. The average Bonchev–Trinajstić information content (AvgIpc) is 2.93. The molecule has 0 saturated heterocycles. The van der Waals surface area contributed by atoms with Crippen LogP contribution >= 0.6 is 28.3 Å². The molecule has 15 heavy (non-hydrogen) atoms. The number of nitrogens with zero attached hydrogens (tertiary/aromatic N) is 1. The quantitative estimate of drug-likeness (QED) is 0.867. The minimum Gasteiger partial charge on any atom is -0.321 e. The highest BCUT2D eigenvalue weighted by Gasteiger charge is 2.25. The summed E-state index contributed by atoms with van der Waals surface area (Å²) in [5.74, 6) is 0.893. The third-order valence-electron chi connectivity index (χ3n) is 3.32. The summed E-state index contributed by atoms with van der Waals surface area (Å²) in [4.78, 5) is 2.30. The number of rotatable bonds is 2. The number of aromatic nitrogens is 1. The number of fused-ring (bicyclic) bond motifs is 1. The molecule has 0 radical (unpaired) electrons. The minimum absolute atomic E-state index is 0. The summed E-state index contributed by atoms with van der Waals surface area (Å²) < 4.78 is 2.29. The molecule has 2 aliphatic rings. The monoisotopic (exact) mass is 288 g/mol. The van der Waals surface area contributed by atoms with Gasteiger partial charge in [0.2, 0.25) is 0 Å². The van der Waals surface area contributed by atoms with Crippen LogP contribution in [-0.2, 0) is 19.4 Å². The fraction of sp³-hybridized carbons (Fsp3) is 0.727. The molecule has 3 rings (SSSR count). The summed E-state index contributed by atoms with van der Waals surface area (Å²) >= 11 is 1.72. The van der Waals surface area contributed by atoms with Gasteiger partial charge in [-0.25, -0.2) is 0 Å². The van der Waals surface area contributed by atoms with Crippen molar-refractivity contribution in [2.24, 2.45) is 5.92 Å². The van der Waals surface area contributed by atoms with Crippen LogP contribution in [0.5, 0.6) is 0 Å². The van der Waals surface area contributed by atoms with Gasteiger partial charge in [-0.3, -0.25) is 5.41 Å². The molecule has 1 aromatic rings. The van der Waals surface area contributed by atoms with E-state index in [0.29, 0.717) is 0 Å². The molecule has 2 nitrogen and oxygen atoms in total. The molecule has 0 spiro atoms. The van der Waals surface area contributed by atoms with Gasteiger partial charge in [0.1, 0.15) is 0 Å². The first-order valence-electron chi connectivity index (χ1n) is 5.60. The average molecular weight is 289 g/mol. The number of halogens is 1. The number of nitrogens with one attached hydrogen (secondary N) is 1. The highest BCUT2D eigenvalue weighted by Crippen LogP contribution is 2.32. The molecular weight excluding hydrogens is 272 g/mol. The zero-order valence-electron chi connectivity index (χ0n) is 8.79. The Hall–Kier alpha value is -0.0900. The summed E-state index contributed by atoms with van der Waals surface area (Å²) in [5, 5.41) is 7.97. The summed E-state index contributed by atoms with van der Waals surface area (Å²) in [6, 6.07) is 0. The van der Waals surface area contributed by atoms with Crippen molar-refractivity contribution in [3.05, 3.63) is 15.4 Å². The molecule has 0 aliphatic heterocycles. The second-order valence-electron chi connectivity index (χ2n) is 4.54. The van der Waals surface area contributed by atoms with Crippen molar-refractivity contribution in [3.63, 3.8) is 0 Å². The van der Waals surface area contributed by atoms with E-state index in [1.54, 1.807) is 11.3 Å². The smallest absolute Gasteiger partial charge is 0.182 e. The maximum atomic E-state index is 7.97. The highest BCUT2D eigenvalue weighted by atomic mass is 79.9. The zero-order chi connectivity index (χ0) is 9.54. The number of thiazole rings is 1. The van der Waals surface area contributed by atoms with Crippen LogP contribution in [0, 0.1) is 11.3 Å². The normalized spacial score (nSPS) is 19.5.